The van der Waals surface area contributed by atoms with E-state index in [0.717, 1.165) is 69.7 Å². The topological polar surface area (TPSA) is 31.0 Å². The summed E-state index contributed by atoms with van der Waals surface area (Å²) in [6.07, 6.45) is 4.87. The fourth-order valence-electron chi connectivity index (χ4n) is 4.74. The summed E-state index contributed by atoms with van der Waals surface area (Å²) in [6, 6.07) is 14.7. The summed E-state index contributed by atoms with van der Waals surface area (Å²) in [4.78, 5) is 7.30. The Morgan fingerprint density at radius 1 is 1.12 bits per heavy atom. The lowest BCUT2D eigenvalue weighted by Crippen LogP contribution is -2.44. The molecule has 1 fully saturated rings. The largest absolute Gasteiger partial charge is 0.379 e. The van der Waals surface area contributed by atoms with E-state index in [2.05, 4.69) is 45.1 Å². The standard InChI is InChI=1S/C27H37ClN4OS/c1-2-3-11-31-12-5-6-23-19-22(9-10-26(23)31)21-32(14-13-30-15-17-33-18-16-30)27(34)29-25-8-4-7-24(28)20-25/h4,7-10,19-20H,2-3,5-6,11-18,21H2,1H3,(H,29,34). The van der Waals surface area contributed by atoms with E-state index in [1.54, 1.807) is 0 Å². The highest BCUT2D eigenvalue weighted by molar-refractivity contribution is 7.80. The van der Waals surface area contributed by atoms with Crippen molar-refractivity contribution in [2.24, 2.45) is 0 Å². The third-order valence-electron chi connectivity index (χ3n) is 6.67. The summed E-state index contributed by atoms with van der Waals surface area (Å²) in [5.41, 5.74) is 5.13. The van der Waals surface area contributed by atoms with Crippen LogP contribution in [0.2, 0.25) is 5.02 Å². The number of thiocarbonyl (C=S) groups is 1. The van der Waals surface area contributed by atoms with Crippen LogP contribution in [0.25, 0.3) is 0 Å². The minimum atomic E-state index is 0.704. The van der Waals surface area contributed by atoms with E-state index in [1.165, 1.54) is 42.6 Å². The number of halogens is 1. The van der Waals surface area contributed by atoms with Crippen LogP contribution in [0.5, 0.6) is 0 Å². The molecule has 0 atom stereocenters. The van der Waals surface area contributed by atoms with Crippen molar-refractivity contribution in [3.05, 3.63) is 58.6 Å². The van der Waals surface area contributed by atoms with Gasteiger partial charge in [-0.1, -0.05) is 43.1 Å². The number of nitrogens with zero attached hydrogens (tertiary/aromatic N) is 3. The van der Waals surface area contributed by atoms with Gasteiger partial charge >= 0.3 is 0 Å². The lowest BCUT2D eigenvalue weighted by Gasteiger charge is -2.33. The Kier molecular flexibility index (Phi) is 9.45. The van der Waals surface area contributed by atoms with Crippen LogP contribution in [0.15, 0.2) is 42.5 Å². The van der Waals surface area contributed by atoms with Crippen molar-refractivity contribution in [1.29, 1.82) is 0 Å². The van der Waals surface area contributed by atoms with Gasteiger partial charge in [0.05, 0.1) is 13.2 Å². The number of hydrogen-bond acceptors (Lipinski definition) is 4. The van der Waals surface area contributed by atoms with Gasteiger partial charge in [0, 0.05) is 62.2 Å². The third kappa shape index (κ3) is 7.08. The van der Waals surface area contributed by atoms with Crippen LogP contribution in [0, 0.1) is 0 Å². The maximum Gasteiger partial charge on any atom is 0.173 e. The molecular formula is C27H37ClN4OS. The van der Waals surface area contributed by atoms with Gasteiger partial charge in [-0.05, 0) is 66.9 Å². The van der Waals surface area contributed by atoms with Crippen molar-refractivity contribution in [3.8, 4) is 0 Å². The van der Waals surface area contributed by atoms with Crippen LogP contribution in [0.3, 0.4) is 0 Å². The molecule has 2 aliphatic heterocycles. The van der Waals surface area contributed by atoms with Crippen LogP contribution in [0.1, 0.15) is 37.3 Å². The Labute approximate surface area is 215 Å². The van der Waals surface area contributed by atoms with Gasteiger partial charge in [-0.3, -0.25) is 4.90 Å². The molecule has 2 aromatic carbocycles. The van der Waals surface area contributed by atoms with Crippen LogP contribution in [-0.4, -0.2) is 67.4 Å². The Balaban J connectivity index is 1.47. The van der Waals surface area contributed by atoms with Crippen LogP contribution in [0.4, 0.5) is 11.4 Å². The highest BCUT2D eigenvalue weighted by atomic mass is 35.5. The third-order valence-corrected chi connectivity index (χ3v) is 7.26. The Bertz CT molecular complexity index is 950. The number of morpholine rings is 1. The fraction of sp³-hybridized carbons (Fsp3) is 0.519. The summed E-state index contributed by atoms with van der Waals surface area (Å²) in [7, 11) is 0. The zero-order valence-corrected chi connectivity index (χ0v) is 21.8. The van der Waals surface area contributed by atoms with Gasteiger partial charge in [0.1, 0.15) is 0 Å². The molecule has 0 aromatic heterocycles. The maximum absolute atomic E-state index is 6.19. The molecule has 2 heterocycles. The second kappa shape index (κ2) is 12.7. The lowest BCUT2D eigenvalue weighted by atomic mass is 9.98. The SMILES string of the molecule is CCCCN1CCCc2cc(CN(CCN3CCOCC3)C(=S)Nc3cccc(Cl)c3)ccc21. The van der Waals surface area contributed by atoms with Gasteiger partial charge in [-0.15, -0.1) is 0 Å². The molecular weight excluding hydrogens is 464 g/mol. The highest BCUT2D eigenvalue weighted by Gasteiger charge is 2.19. The van der Waals surface area contributed by atoms with Crippen molar-refractivity contribution >= 4 is 40.3 Å². The first kappa shape index (κ1) is 25.2. The predicted octanol–water partition coefficient (Wildman–Crippen LogP) is 5.42. The summed E-state index contributed by atoms with van der Waals surface area (Å²) in [6.45, 7) is 10.8. The van der Waals surface area contributed by atoms with Crippen molar-refractivity contribution in [2.45, 2.75) is 39.2 Å². The number of anilines is 2. The van der Waals surface area contributed by atoms with Gasteiger partial charge in [-0.25, -0.2) is 0 Å². The molecule has 0 radical (unpaired) electrons. The molecule has 0 aliphatic carbocycles. The molecule has 34 heavy (non-hydrogen) atoms. The monoisotopic (exact) mass is 500 g/mol. The first-order chi connectivity index (χ1) is 16.6. The molecule has 1 saturated heterocycles. The fourth-order valence-corrected chi connectivity index (χ4v) is 5.20. The summed E-state index contributed by atoms with van der Waals surface area (Å²) in [5, 5.41) is 4.84. The van der Waals surface area contributed by atoms with Crippen molar-refractivity contribution in [3.63, 3.8) is 0 Å². The number of nitrogens with one attached hydrogen (secondary N) is 1. The Hall–Kier alpha value is -1.86. The number of benzene rings is 2. The van der Waals surface area contributed by atoms with Gasteiger partial charge in [0.25, 0.3) is 0 Å². The molecule has 4 rings (SSSR count). The summed E-state index contributed by atoms with van der Waals surface area (Å²) < 4.78 is 5.52. The van der Waals surface area contributed by atoms with E-state index in [9.17, 15) is 0 Å². The zero-order valence-electron chi connectivity index (χ0n) is 20.3. The Morgan fingerprint density at radius 3 is 2.76 bits per heavy atom. The number of ether oxygens (including phenoxy) is 1. The highest BCUT2D eigenvalue weighted by Crippen LogP contribution is 2.29. The molecule has 0 saturated carbocycles. The van der Waals surface area contributed by atoms with Gasteiger partial charge in [-0.2, -0.15) is 0 Å². The first-order valence-corrected chi connectivity index (χ1v) is 13.4. The minimum Gasteiger partial charge on any atom is -0.379 e. The van der Waals surface area contributed by atoms with E-state index in [-0.39, 0.29) is 0 Å². The van der Waals surface area contributed by atoms with Crippen molar-refractivity contribution in [2.75, 3.05) is 62.7 Å². The number of unbranched alkanes of at least 4 members (excludes halogenated alkanes) is 1. The van der Waals surface area contributed by atoms with E-state index >= 15 is 0 Å². The van der Waals surface area contributed by atoms with Gasteiger partial charge in [0.2, 0.25) is 0 Å². The lowest BCUT2D eigenvalue weighted by molar-refractivity contribution is 0.0358. The van der Waals surface area contributed by atoms with Crippen LogP contribution >= 0.6 is 23.8 Å². The first-order valence-electron chi connectivity index (χ1n) is 12.6. The molecule has 2 aromatic rings. The average molecular weight is 501 g/mol. The Morgan fingerprint density at radius 2 is 1.97 bits per heavy atom. The number of aryl methyl sites for hydroxylation is 1. The summed E-state index contributed by atoms with van der Waals surface area (Å²) in [5.74, 6) is 0. The maximum atomic E-state index is 6.19. The van der Waals surface area contributed by atoms with Crippen LogP contribution in [-0.2, 0) is 17.7 Å². The molecule has 5 nitrogen and oxygen atoms in total. The van der Waals surface area contributed by atoms with E-state index in [0.29, 0.717) is 5.02 Å². The molecule has 0 amide bonds. The van der Waals surface area contributed by atoms with Crippen LogP contribution < -0.4 is 10.2 Å². The van der Waals surface area contributed by atoms with Gasteiger partial charge < -0.3 is 19.9 Å². The van der Waals surface area contributed by atoms with E-state index in [4.69, 9.17) is 28.6 Å². The normalized spacial score (nSPS) is 16.2. The molecule has 0 bridgehead atoms. The average Bonchev–Trinajstić information content (AvgIpc) is 2.85. The number of rotatable bonds is 9. The van der Waals surface area contributed by atoms with Crippen molar-refractivity contribution in [1.82, 2.24) is 9.80 Å². The van der Waals surface area contributed by atoms with E-state index in [1.807, 2.05) is 24.3 Å². The number of hydrogen-bond donors (Lipinski definition) is 1. The second-order valence-corrected chi connectivity index (χ2v) is 10.0. The quantitative estimate of drug-likeness (QED) is 0.462. The molecule has 2 aliphatic rings. The zero-order chi connectivity index (χ0) is 23.8. The van der Waals surface area contributed by atoms with E-state index < -0.39 is 0 Å². The molecule has 184 valence electrons. The smallest absolute Gasteiger partial charge is 0.173 e. The second-order valence-electron chi connectivity index (χ2n) is 9.22. The summed E-state index contributed by atoms with van der Waals surface area (Å²) >= 11 is 12.1. The van der Waals surface area contributed by atoms with Crippen molar-refractivity contribution < 1.29 is 4.74 Å². The van der Waals surface area contributed by atoms with Gasteiger partial charge in [0.15, 0.2) is 5.11 Å². The molecule has 1 N–H and O–H groups in total. The predicted molar refractivity (Wildman–Crippen MR) is 147 cm³/mol. The molecule has 7 heteroatoms. The number of fused-ring (bicyclic) bond motifs is 1. The minimum absolute atomic E-state index is 0.704. The molecule has 0 spiro atoms. The molecule has 0 unspecified atom stereocenters.